The Morgan fingerprint density at radius 3 is 2.77 bits per heavy atom. The average Bonchev–Trinajstić information content (AvgIpc) is 2.03. The third kappa shape index (κ3) is 2.03. The predicted octanol–water partition coefficient (Wildman–Crippen LogP) is 2.24. The largest absolute Gasteiger partial charge is 0.399 e. The fourth-order valence-corrected chi connectivity index (χ4v) is 1.87. The quantitative estimate of drug-likeness (QED) is 0.804. The first kappa shape index (κ1) is 9.03. The maximum atomic E-state index is 5.72. The Morgan fingerprint density at radius 2 is 2.15 bits per heavy atom. The van der Waals surface area contributed by atoms with Crippen molar-refractivity contribution in [3.05, 3.63) is 28.2 Å². The number of hydrogen-bond donors (Lipinski definition) is 1. The molecule has 0 unspecified atom stereocenters. The fourth-order valence-electron chi connectivity index (χ4n) is 1.50. The van der Waals surface area contributed by atoms with E-state index in [4.69, 9.17) is 5.73 Å². The zero-order valence-corrected chi connectivity index (χ0v) is 9.05. The summed E-state index contributed by atoms with van der Waals surface area (Å²) in [5.74, 6) is 0. The van der Waals surface area contributed by atoms with Gasteiger partial charge in [-0.05, 0) is 43.3 Å². The van der Waals surface area contributed by atoms with Crippen LogP contribution in [0.5, 0.6) is 0 Å². The van der Waals surface area contributed by atoms with E-state index < -0.39 is 0 Å². The molecule has 0 amide bonds. The molecule has 70 valence electrons. The van der Waals surface area contributed by atoms with Gasteiger partial charge in [-0.2, -0.15) is 0 Å². The van der Waals surface area contributed by atoms with Crippen molar-refractivity contribution < 1.29 is 0 Å². The minimum absolute atomic E-state index is 0.846. The van der Waals surface area contributed by atoms with Gasteiger partial charge in [-0.1, -0.05) is 15.9 Å². The Bertz CT molecular complexity index is 308. The lowest BCUT2D eigenvalue weighted by Gasteiger charge is -2.31. The lowest BCUT2D eigenvalue weighted by atomic mass is 10.1. The molecule has 0 aromatic heterocycles. The maximum Gasteiger partial charge on any atom is 0.0318 e. The summed E-state index contributed by atoms with van der Waals surface area (Å²) in [6.45, 7) is 3.47. The molecule has 1 aliphatic heterocycles. The highest BCUT2D eigenvalue weighted by Crippen LogP contribution is 2.22. The van der Waals surface area contributed by atoms with Crippen LogP contribution in [0.25, 0.3) is 0 Å². The topological polar surface area (TPSA) is 29.3 Å². The molecule has 0 spiro atoms. The molecule has 2 rings (SSSR count). The minimum atomic E-state index is 0.846. The van der Waals surface area contributed by atoms with Crippen molar-refractivity contribution in [2.45, 2.75) is 13.0 Å². The summed E-state index contributed by atoms with van der Waals surface area (Å²) in [5, 5.41) is 0. The van der Waals surface area contributed by atoms with Gasteiger partial charge in [0.1, 0.15) is 0 Å². The molecule has 1 aromatic rings. The van der Waals surface area contributed by atoms with Crippen molar-refractivity contribution >= 4 is 21.6 Å². The highest BCUT2D eigenvalue weighted by atomic mass is 79.9. The number of anilines is 1. The van der Waals surface area contributed by atoms with Crippen LogP contribution in [0.1, 0.15) is 12.0 Å². The molecule has 2 N–H and O–H groups in total. The van der Waals surface area contributed by atoms with Crippen molar-refractivity contribution in [1.82, 2.24) is 4.90 Å². The SMILES string of the molecule is Nc1ccc(Br)c(CN2CCC2)c1. The predicted molar refractivity (Wildman–Crippen MR) is 58.4 cm³/mol. The van der Waals surface area contributed by atoms with Crippen LogP contribution >= 0.6 is 15.9 Å². The van der Waals surface area contributed by atoms with Crippen molar-refractivity contribution in [1.29, 1.82) is 0 Å². The molecule has 1 aliphatic rings. The van der Waals surface area contributed by atoms with Crippen LogP contribution in [-0.2, 0) is 6.54 Å². The lowest BCUT2D eigenvalue weighted by molar-refractivity contribution is 0.172. The smallest absolute Gasteiger partial charge is 0.0318 e. The number of halogens is 1. The van der Waals surface area contributed by atoms with E-state index in [1.165, 1.54) is 25.1 Å². The van der Waals surface area contributed by atoms with E-state index in [2.05, 4.69) is 20.8 Å². The van der Waals surface area contributed by atoms with Gasteiger partial charge in [-0.3, -0.25) is 4.90 Å². The van der Waals surface area contributed by atoms with Crippen LogP contribution in [0.4, 0.5) is 5.69 Å². The fraction of sp³-hybridized carbons (Fsp3) is 0.400. The molecule has 0 saturated carbocycles. The van der Waals surface area contributed by atoms with Crippen LogP contribution in [-0.4, -0.2) is 18.0 Å². The molecule has 1 heterocycles. The molecular weight excluding hydrogens is 228 g/mol. The molecule has 2 nitrogen and oxygen atoms in total. The number of nitrogens with zero attached hydrogens (tertiary/aromatic N) is 1. The first-order chi connectivity index (χ1) is 6.25. The number of nitrogen functional groups attached to an aromatic ring is 1. The highest BCUT2D eigenvalue weighted by Gasteiger charge is 2.14. The molecule has 1 fully saturated rings. The molecule has 0 bridgehead atoms. The lowest BCUT2D eigenvalue weighted by Crippen LogP contribution is -2.36. The van der Waals surface area contributed by atoms with Gasteiger partial charge in [0.25, 0.3) is 0 Å². The molecule has 0 aliphatic carbocycles. The Balaban J connectivity index is 2.13. The molecule has 1 saturated heterocycles. The second kappa shape index (κ2) is 3.68. The van der Waals surface area contributed by atoms with Crippen molar-refractivity contribution in [3.8, 4) is 0 Å². The van der Waals surface area contributed by atoms with Crippen LogP contribution in [0.2, 0.25) is 0 Å². The Morgan fingerprint density at radius 1 is 1.38 bits per heavy atom. The van der Waals surface area contributed by atoms with E-state index in [0.29, 0.717) is 0 Å². The Labute approximate surface area is 86.9 Å². The van der Waals surface area contributed by atoms with Gasteiger partial charge in [-0.25, -0.2) is 0 Å². The summed E-state index contributed by atoms with van der Waals surface area (Å²) >= 11 is 3.53. The minimum Gasteiger partial charge on any atom is -0.399 e. The summed E-state index contributed by atoms with van der Waals surface area (Å²) < 4.78 is 1.16. The maximum absolute atomic E-state index is 5.72. The number of benzene rings is 1. The van der Waals surface area contributed by atoms with Crippen LogP contribution < -0.4 is 5.73 Å². The van der Waals surface area contributed by atoms with Crippen LogP contribution in [0.3, 0.4) is 0 Å². The van der Waals surface area contributed by atoms with Crippen molar-refractivity contribution in [3.63, 3.8) is 0 Å². The number of nitrogens with two attached hydrogens (primary N) is 1. The van der Waals surface area contributed by atoms with Crippen LogP contribution in [0.15, 0.2) is 22.7 Å². The van der Waals surface area contributed by atoms with Gasteiger partial charge in [-0.15, -0.1) is 0 Å². The molecule has 0 atom stereocenters. The Kier molecular flexibility index (Phi) is 2.56. The molecule has 0 radical (unpaired) electrons. The van der Waals surface area contributed by atoms with Gasteiger partial charge in [0.05, 0.1) is 0 Å². The monoisotopic (exact) mass is 240 g/mol. The molecule has 1 aromatic carbocycles. The average molecular weight is 241 g/mol. The van der Waals surface area contributed by atoms with Gasteiger partial charge in [0, 0.05) is 16.7 Å². The second-order valence-corrected chi connectivity index (χ2v) is 4.33. The third-order valence-corrected chi connectivity index (χ3v) is 3.19. The van der Waals surface area contributed by atoms with Crippen LogP contribution in [0, 0.1) is 0 Å². The van der Waals surface area contributed by atoms with Gasteiger partial charge >= 0.3 is 0 Å². The summed E-state index contributed by atoms with van der Waals surface area (Å²) in [6.07, 6.45) is 1.33. The first-order valence-corrected chi connectivity index (χ1v) is 5.31. The van der Waals surface area contributed by atoms with E-state index in [1.54, 1.807) is 0 Å². The van der Waals surface area contributed by atoms with Gasteiger partial charge < -0.3 is 5.73 Å². The number of hydrogen-bond acceptors (Lipinski definition) is 2. The normalized spacial score (nSPS) is 17.0. The molecule has 13 heavy (non-hydrogen) atoms. The molecular formula is C10H13BrN2. The second-order valence-electron chi connectivity index (χ2n) is 3.48. The van der Waals surface area contributed by atoms with Gasteiger partial charge in [0.15, 0.2) is 0 Å². The van der Waals surface area contributed by atoms with Gasteiger partial charge in [0.2, 0.25) is 0 Å². The highest BCUT2D eigenvalue weighted by molar-refractivity contribution is 9.10. The zero-order chi connectivity index (χ0) is 9.26. The summed E-state index contributed by atoms with van der Waals surface area (Å²) in [4.78, 5) is 2.42. The molecule has 3 heteroatoms. The zero-order valence-electron chi connectivity index (χ0n) is 7.46. The summed E-state index contributed by atoms with van der Waals surface area (Å²) in [6, 6.07) is 5.98. The standard InChI is InChI=1S/C10H13BrN2/c11-10-3-2-9(12)6-8(10)7-13-4-1-5-13/h2-3,6H,1,4-5,7,12H2. The van der Waals surface area contributed by atoms with E-state index in [0.717, 1.165) is 16.7 Å². The van der Waals surface area contributed by atoms with Crippen molar-refractivity contribution in [2.75, 3.05) is 18.8 Å². The third-order valence-electron chi connectivity index (χ3n) is 2.41. The Hall–Kier alpha value is -0.540. The van der Waals surface area contributed by atoms with E-state index >= 15 is 0 Å². The first-order valence-electron chi connectivity index (χ1n) is 4.52. The summed E-state index contributed by atoms with van der Waals surface area (Å²) in [5.41, 5.74) is 7.86. The van der Waals surface area contributed by atoms with E-state index in [9.17, 15) is 0 Å². The number of likely N-dealkylation sites (tertiary alicyclic amines) is 1. The van der Waals surface area contributed by atoms with Crippen molar-refractivity contribution in [2.24, 2.45) is 0 Å². The number of rotatable bonds is 2. The van der Waals surface area contributed by atoms with E-state index in [1.807, 2.05) is 18.2 Å². The van der Waals surface area contributed by atoms with E-state index in [-0.39, 0.29) is 0 Å². The summed E-state index contributed by atoms with van der Waals surface area (Å²) in [7, 11) is 0.